The average molecular weight is 361 g/mol. The largest absolute Gasteiger partial charge is 0.447 e. The molecule has 132 valence electrons. The van der Waals surface area contributed by atoms with E-state index in [-0.39, 0.29) is 18.5 Å². The molecule has 0 spiro atoms. The Kier molecular flexibility index (Phi) is 4.16. The fourth-order valence-corrected chi connectivity index (χ4v) is 3.83. The lowest BCUT2D eigenvalue weighted by molar-refractivity contribution is 0.0950. The Morgan fingerprint density at radius 2 is 2.28 bits per heavy atom. The Morgan fingerprint density at radius 3 is 3.00 bits per heavy atom. The summed E-state index contributed by atoms with van der Waals surface area (Å²) in [4.78, 5) is 37.4. The highest BCUT2D eigenvalue weighted by molar-refractivity contribution is 7.17. The second-order valence-corrected chi connectivity index (χ2v) is 7.32. The van der Waals surface area contributed by atoms with Crippen molar-refractivity contribution in [3.8, 4) is 0 Å². The standard InChI is InChI=1S/C16H19N5O3S/c1-10-13(14(22)18-8-12-17-4-7-24-12)25-15(19-10)21-6-5-20(16(21)23)9-11-2-3-11/h4,7,11H,2-3,5-6,8-9H2,1H3,(H,18,22). The number of thiazole rings is 1. The van der Waals surface area contributed by atoms with Gasteiger partial charge in [-0.15, -0.1) is 0 Å². The Labute approximate surface area is 148 Å². The van der Waals surface area contributed by atoms with Gasteiger partial charge in [-0.05, 0) is 25.7 Å². The molecule has 9 heteroatoms. The van der Waals surface area contributed by atoms with Crippen molar-refractivity contribution in [2.24, 2.45) is 5.92 Å². The first-order valence-corrected chi connectivity index (χ1v) is 9.14. The second kappa shape index (κ2) is 6.47. The van der Waals surface area contributed by atoms with E-state index in [9.17, 15) is 9.59 Å². The first-order chi connectivity index (χ1) is 12.1. The van der Waals surface area contributed by atoms with Crippen molar-refractivity contribution in [1.82, 2.24) is 20.2 Å². The summed E-state index contributed by atoms with van der Waals surface area (Å²) in [7, 11) is 0. The van der Waals surface area contributed by atoms with Crippen molar-refractivity contribution in [2.45, 2.75) is 26.3 Å². The normalized spacial score (nSPS) is 17.4. The Hall–Kier alpha value is -2.42. The van der Waals surface area contributed by atoms with Crippen molar-refractivity contribution in [2.75, 3.05) is 24.5 Å². The van der Waals surface area contributed by atoms with Gasteiger partial charge in [0.25, 0.3) is 5.91 Å². The van der Waals surface area contributed by atoms with Gasteiger partial charge >= 0.3 is 6.03 Å². The molecule has 4 rings (SSSR count). The van der Waals surface area contributed by atoms with Crippen LogP contribution in [0.1, 0.15) is 34.1 Å². The number of rotatable bonds is 6. The molecule has 1 N–H and O–H groups in total. The summed E-state index contributed by atoms with van der Waals surface area (Å²) in [6.45, 7) is 4.18. The predicted molar refractivity (Wildman–Crippen MR) is 91.6 cm³/mol. The van der Waals surface area contributed by atoms with Crippen molar-refractivity contribution in [3.05, 3.63) is 28.9 Å². The van der Waals surface area contributed by atoms with Crippen LogP contribution in [0.5, 0.6) is 0 Å². The molecule has 25 heavy (non-hydrogen) atoms. The van der Waals surface area contributed by atoms with Gasteiger partial charge in [-0.3, -0.25) is 9.69 Å². The molecule has 1 aliphatic heterocycles. The molecule has 2 aliphatic rings. The van der Waals surface area contributed by atoms with Gasteiger partial charge in [0.1, 0.15) is 11.1 Å². The SMILES string of the molecule is Cc1nc(N2CCN(CC3CC3)C2=O)sc1C(=O)NCc1ncco1. The summed E-state index contributed by atoms with van der Waals surface area (Å²) >= 11 is 1.25. The van der Waals surface area contributed by atoms with Crippen LogP contribution in [-0.4, -0.2) is 46.4 Å². The van der Waals surface area contributed by atoms with Crippen LogP contribution in [0.15, 0.2) is 16.9 Å². The maximum Gasteiger partial charge on any atom is 0.326 e. The quantitative estimate of drug-likeness (QED) is 0.850. The smallest absolute Gasteiger partial charge is 0.326 e. The molecular weight excluding hydrogens is 342 g/mol. The second-order valence-electron chi connectivity index (χ2n) is 6.34. The zero-order chi connectivity index (χ0) is 17.4. The summed E-state index contributed by atoms with van der Waals surface area (Å²) < 4.78 is 5.10. The number of hydrogen-bond acceptors (Lipinski definition) is 6. The highest BCUT2D eigenvalue weighted by atomic mass is 32.1. The molecule has 0 bridgehead atoms. The highest BCUT2D eigenvalue weighted by Gasteiger charge is 2.35. The van der Waals surface area contributed by atoms with Gasteiger partial charge in [-0.25, -0.2) is 14.8 Å². The van der Waals surface area contributed by atoms with Gasteiger partial charge in [0.2, 0.25) is 5.89 Å². The fourth-order valence-electron chi connectivity index (χ4n) is 2.83. The topological polar surface area (TPSA) is 91.6 Å². The van der Waals surface area contributed by atoms with E-state index in [2.05, 4.69) is 15.3 Å². The Balaban J connectivity index is 1.42. The molecule has 0 unspecified atom stereocenters. The molecule has 8 nitrogen and oxygen atoms in total. The van der Waals surface area contributed by atoms with Gasteiger partial charge < -0.3 is 14.6 Å². The van der Waals surface area contributed by atoms with Crippen molar-refractivity contribution >= 4 is 28.4 Å². The van der Waals surface area contributed by atoms with Crippen LogP contribution in [0.4, 0.5) is 9.93 Å². The maximum absolute atomic E-state index is 12.5. The van der Waals surface area contributed by atoms with Crippen LogP contribution < -0.4 is 10.2 Å². The van der Waals surface area contributed by atoms with Crippen LogP contribution in [-0.2, 0) is 6.54 Å². The number of aromatic nitrogens is 2. The minimum Gasteiger partial charge on any atom is -0.447 e. The monoisotopic (exact) mass is 361 g/mol. The van der Waals surface area contributed by atoms with Crippen LogP contribution in [0.3, 0.4) is 0 Å². The summed E-state index contributed by atoms with van der Waals surface area (Å²) in [6.07, 6.45) is 5.43. The van der Waals surface area contributed by atoms with E-state index in [4.69, 9.17) is 4.42 Å². The summed E-state index contributed by atoms with van der Waals surface area (Å²) in [5.74, 6) is 0.876. The third kappa shape index (κ3) is 3.37. The van der Waals surface area contributed by atoms with E-state index in [0.717, 1.165) is 13.1 Å². The lowest BCUT2D eigenvalue weighted by atomic mass is 10.4. The number of oxazole rings is 1. The van der Waals surface area contributed by atoms with Crippen LogP contribution in [0.2, 0.25) is 0 Å². The van der Waals surface area contributed by atoms with E-state index >= 15 is 0 Å². The van der Waals surface area contributed by atoms with Crippen LogP contribution in [0, 0.1) is 12.8 Å². The van der Waals surface area contributed by atoms with Crippen molar-refractivity contribution < 1.29 is 14.0 Å². The van der Waals surface area contributed by atoms with Crippen LogP contribution in [0.25, 0.3) is 0 Å². The molecule has 2 aromatic heterocycles. The highest BCUT2D eigenvalue weighted by Crippen LogP contribution is 2.33. The number of aryl methyl sites for hydroxylation is 1. The first kappa shape index (κ1) is 16.1. The third-order valence-corrected chi connectivity index (χ3v) is 5.56. The third-order valence-electron chi connectivity index (χ3n) is 4.38. The average Bonchev–Trinajstić information content (AvgIpc) is 2.97. The maximum atomic E-state index is 12.5. The van der Waals surface area contributed by atoms with E-state index in [1.165, 1.54) is 36.6 Å². The van der Waals surface area contributed by atoms with Crippen molar-refractivity contribution in [1.29, 1.82) is 0 Å². The molecule has 1 aliphatic carbocycles. The molecule has 3 heterocycles. The molecule has 1 saturated carbocycles. The molecule has 3 amide bonds. The minimum absolute atomic E-state index is 0.00704. The molecule has 1 saturated heterocycles. The molecular formula is C16H19N5O3S. The van der Waals surface area contributed by atoms with E-state index in [1.54, 1.807) is 11.8 Å². The number of anilines is 1. The minimum atomic E-state index is -0.235. The number of carbonyl (C=O) groups excluding carboxylic acids is 2. The molecule has 0 radical (unpaired) electrons. The molecule has 0 aromatic carbocycles. The number of nitrogens with zero attached hydrogens (tertiary/aromatic N) is 4. The number of amides is 3. The summed E-state index contributed by atoms with van der Waals surface area (Å²) in [6, 6.07) is -0.00704. The lowest BCUT2D eigenvalue weighted by Crippen LogP contribution is -2.33. The van der Waals surface area contributed by atoms with Gasteiger partial charge in [0.05, 0.1) is 18.4 Å². The summed E-state index contributed by atoms with van der Waals surface area (Å²) in [5, 5.41) is 3.35. The molecule has 2 aromatic rings. The number of urea groups is 1. The Bertz CT molecular complexity index is 784. The summed E-state index contributed by atoms with van der Waals surface area (Å²) in [5.41, 5.74) is 0.623. The van der Waals surface area contributed by atoms with E-state index in [1.807, 2.05) is 4.90 Å². The van der Waals surface area contributed by atoms with Crippen molar-refractivity contribution in [3.63, 3.8) is 0 Å². The predicted octanol–water partition coefficient (Wildman–Crippen LogP) is 2.02. The Morgan fingerprint density at radius 1 is 1.44 bits per heavy atom. The number of carbonyl (C=O) groups is 2. The van der Waals surface area contributed by atoms with Gasteiger partial charge in [-0.2, -0.15) is 0 Å². The lowest BCUT2D eigenvalue weighted by Gasteiger charge is -2.16. The first-order valence-electron chi connectivity index (χ1n) is 8.32. The zero-order valence-electron chi connectivity index (χ0n) is 13.9. The number of nitrogens with one attached hydrogen (secondary N) is 1. The zero-order valence-corrected chi connectivity index (χ0v) is 14.7. The number of hydrogen-bond donors (Lipinski definition) is 1. The van der Waals surface area contributed by atoms with Gasteiger partial charge in [0.15, 0.2) is 5.13 Å². The molecule has 2 fully saturated rings. The van der Waals surface area contributed by atoms with E-state index in [0.29, 0.717) is 34.1 Å². The van der Waals surface area contributed by atoms with Gasteiger partial charge in [0, 0.05) is 19.6 Å². The molecule has 0 atom stereocenters. The van der Waals surface area contributed by atoms with E-state index < -0.39 is 0 Å². The fraction of sp³-hybridized carbons (Fsp3) is 0.500. The van der Waals surface area contributed by atoms with Gasteiger partial charge in [-0.1, -0.05) is 11.3 Å². The van der Waals surface area contributed by atoms with Crippen LogP contribution >= 0.6 is 11.3 Å².